The second-order valence-electron chi connectivity index (χ2n) is 6.15. The number of nitrogens with zero attached hydrogens (tertiary/aromatic N) is 4. The molecule has 0 radical (unpaired) electrons. The van der Waals surface area contributed by atoms with Crippen molar-refractivity contribution in [2.24, 2.45) is 0 Å². The van der Waals surface area contributed by atoms with Crippen molar-refractivity contribution in [1.82, 2.24) is 19.5 Å². The first-order valence-electron chi connectivity index (χ1n) is 8.13. The molecule has 0 aliphatic carbocycles. The minimum absolute atomic E-state index is 0.384. The van der Waals surface area contributed by atoms with Gasteiger partial charge in [0.15, 0.2) is 11.9 Å². The summed E-state index contributed by atoms with van der Waals surface area (Å²) in [6.07, 6.45) is -1.16. The van der Waals surface area contributed by atoms with Crippen molar-refractivity contribution in [3.63, 3.8) is 0 Å². The van der Waals surface area contributed by atoms with Crippen LogP contribution in [-0.4, -0.2) is 59.8 Å². The molecule has 0 spiro atoms. The predicted octanol–water partition coefficient (Wildman–Crippen LogP) is 0.897. The number of aromatic nitrogens is 4. The molecule has 1 saturated heterocycles. The monoisotopic (exact) mass is 374 g/mol. The fourth-order valence-electron chi connectivity index (χ4n) is 2.92. The Morgan fingerprint density at radius 2 is 1.88 bits per heavy atom. The summed E-state index contributed by atoms with van der Waals surface area (Å²) in [6.45, 7) is 1.64. The number of aryl methyl sites for hydroxylation is 1. The van der Waals surface area contributed by atoms with Crippen LogP contribution in [0.25, 0.3) is 11.2 Å². The molecule has 0 amide bonds. The van der Waals surface area contributed by atoms with Gasteiger partial charge in [0.25, 0.3) is 0 Å². The molecule has 4 atom stereocenters. The van der Waals surface area contributed by atoms with Crippen LogP contribution in [0.2, 0.25) is 0 Å². The molecule has 0 saturated carbocycles. The molecule has 0 unspecified atom stereocenters. The molecule has 26 heavy (non-hydrogen) atoms. The van der Waals surface area contributed by atoms with Gasteiger partial charge in [0.05, 0.1) is 12.9 Å². The lowest BCUT2D eigenvalue weighted by atomic mass is 10.1. The maximum atomic E-state index is 10.2. The summed E-state index contributed by atoms with van der Waals surface area (Å²) in [4.78, 5) is 14.0. The highest BCUT2D eigenvalue weighted by Gasteiger charge is 2.44. The van der Waals surface area contributed by atoms with Gasteiger partial charge in [0, 0.05) is 4.90 Å². The van der Waals surface area contributed by atoms with Crippen LogP contribution in [0.15, 0.2) is 46.8 Å². The Morgan fingerprint density at radius 1 is 1.12 bits per heavy atom. The Balaban J connectivity index is 1.68. The molecule has 1 aliphatic rings. The minimum atomic E-state index is -1.19. The molecule has 3 heterocycles. The summed E-state index contributed by atoms with van der Waals surface area (Å²) in [5.41, 5.74) is 2.25. The fraction of sp³-hybridized carbons (Fsp3) is 0.353. The molecule has 3 N–H and O–H groups in total. The molecule has 3 aromatic rings. The molecule has 1 aliphatic heterocycles. The lowest BCUT2D eigenvalue weighted by Crippen LogP contribution is -2.33. The molecule has 8 nitrogen and oxygen atoms in total. The van der Waals surface area contributed by atoms with Gasteiger partial charge in [0.1, 0.15) is 35.2 Å². The minimum Gasteiger partial charge on any atom is -0.394 e. The first-order valence-corrected chi connectivity index (χ1v) is 8.94. The molecule has 4 rings (SSSR count). The van der Waals surface area contributed by atoms with Crippen LogP contribution in [0.4, 0.5) is 0 Å². The van der Waals surface area contributed by atoms with Gasteiger partial charge in [0.2, 0.25) is 0 Å². The van der Waals surface area contributed by atoms with Gasteiger partial charge in [-0.25, -0.2) is 15.0 Å². The number of rotatable bonds is 4. The summed E-state index contributed by atoms with van der Waals surface area (Å²) in [7, 11) is 0. The third kappa shape index (κ3) is 2.97. The van der Waals surface area contributed by atoms with Crippen LogP contribution >= 0.6 is 11.8 Å². The highest BCUT2D eigenvalue weighted by molar-refractivity contribution is 7.99. The van der Waals surface area contributed by atoms with Crippen molar-refractivity contribution < 1.29 is 20.1 Å². The van der Waals surface area contributed by atoms with Crippen molar-refractivity contribution in [2.75, 3.05) is 6.61 Å². The van der Waals surface area contributed by atoms with Gasteiger partial charge in [-0.2, -0.15) is 0 Å². The Hall–Kier alpha value is -2.04. The molecular weight excluding hydrogens is 356 g/mol. The number of hydrogen-bond acceptors (Lipinski definition) is 8. The van der Waals surface area contributed by atoms with Crippen LogP contribution in [0.3, 0.4) is 0 Å². The second kappa shape index (κ2) is 6.93. The van der Waals surface area contributed by atoms with Gasteiger partial charge in [-0.15, -0.1) is 0 Å². The standard InChI is InChI=1S/C17H18N4O4S/c1-9-2-4-10(5-3-9)26-16-12-15(18-7-19-16)21(8-20-12)17-14(24)13(23)11(6-22)25-17/h2-5,7-8,11,13-14,17,22-24H,6H2,1H3/t11-,13+,14-,17-/m0/s1. The van der Waals surface area contributed by atoms with Gasteiger partial charge >= 0.3 is 0 Å². The largest absolute Gasteiger partial charge is 0.394 e. The Bertz CT molecular complexity index is 917. The van der Waals surface area contributed by atoms with Gasteiger partial charge in [-0.1, -0.05) is 29.5 Å². The van der Waals surface area contributed by atoms with Crippen molar-refractivity contribution in [3.05, 3.63) is 42.5 Å². The summed E-state index contributed by atoms with van der Waals surface area (Å²) in [5, 5.41) is 30.1. The van der Waals surface area contributed by atoms with Gasteiger partial charge in [-0.05, 0) is 19.1 Å². The van der Waals surface area contributed by atoms with E-state index in [0.29, 0.717) is 16.2 Å². The smallest absolute Gasteiger partial charge is 0.166 e. The lowest BCUT2D eigenvalue weighted by molar-refractivity contribution is -0.0511. The first-order chi connectivity index (χ1) is 12.6. The highest BCUT2D eigenvalue weighted by Crippen LogP contribution is 2.34. The average Bonchev–Trinajstić information content (AvgIpc) is 3.19. The summed E-state index contributed by atoms with van der Waals surface area (Å²) in [6, 6.07) is 8.07. The van der Waals surface area contributed by atoms with E-state index < -0.39 is 24.5 Å². The fourth-order valence-corrected chi connectivity index (χ4v) is 3.76. The van der Waals surface area contributed by atoms with Crippen LogP contribution in [-0.2, 0) is 4.74 Å². The van der Waals surface area contributed by atoms with Crippen molar-refractivity contribution in [3.8, 4) is 0 Å². The summed E-state index contributed by atoms with van der Waals surface area (Å²) in [5.74, 6) is 0. The average molecular weight is 374 g/mol. The number of aliphatic hydroxyl groups excluding tert-OH is 3. The number of fused-ring (bicyclic) bond motifs is 1. The highest BCUT2D eigenvalue weighted by atomic mass is 32.2. The van der Waals surface area contributed by atoms with E-state index >= 15 is 0 Å². The maximum Gasteiger partial charge on any atom is 0.166 e. The zero-order chi connectivity index (χ0) is 18.3. The van der Waals surface area contributed by atoms with E-state index in [1.54, 1.807) is 4.57 Å². The van der Waals surface area contributed by atoms with E-state index in [0.717, 1.165) is 4.90 Å². The van der Waals surface area contributed by atoms with Crippen LogP contribution in [0.1, 0.15) is 11.8 Å². The normalized spacial score (nSPS) is 25.8. The molecule has 0 bridgehead atoms. The lowest BCUT2D eigenvalue weighted by Gasteiger charge is -2.16. The van der Waals surface area contributed by atoms with E-state index in [1.807, 2.05) is 31.2 Å². The number of aliphatic hydroxyl groups is 3. The van der Waals surface area contributed by atoms with E-state index in [1.165, 1.54) is 30.0 Å². The first kappa shape index (κ1) is 17.4. The van der Waals surface area contributed by atoms with Gasteiger partial charge < -0.3 is 20.1 Å². The van der Waals surface area contributed by atoms with Crippen LogP contribution in [0.5, 0.6) is 0 Å². The second-order valence-corrected chi connectivity index (χ2v) is 7.21. The zero-order valence-corrected chi connectivity index (χ0v) is 14.7. The van der Waals surface area contributed by atoms with Crippen LogP contribution < -0.4 is 0 Å². The number of imidazole rings is 1. The van der Waals surface area contributed by atoms with Crippen LogP contribution in [0, 0.1) is 6.92 Å². The van der Waals surface area contributed by atoms with E-state index in [2.05, 4.69) is 15.0 Å². The third-order valence-corrected chi connectivity index (χ3v) is 5.35. The van der Waals surface area contributed by atoms with Crippen molar-refractivity contribution in [2.45, 2.75) is 41.4 Å². The van der Waals surface area contributed by atoms with Gasteiger partial charge in [-0.3, -0.25) is 4.57 Å². The van der Waals surface area contributed by atoms with E-state index in [-0.39, 0.29) is 6.61 Å². The molecular formula is C17H18N4O4S. The summed E-state index contributed by atoms with van der Waals surface area (Å²) < 4.78 is 7.12. The third-order valence-electron chi connectivity index (χ3n) is 4.35. The Morgan fingerprint density at radius 3 is 2.58 bits per heavy atom. The SMILES string of the molecule is Cc1ccc(Sc2ncnc3c2ncn3[C@H]2O[C@@H](CO)[C@@H](O)[C@@H]2O)cc1. The summed E-state index contributed by atoms with van der Waals surface area (Å²) >= 11 is 1.47. The molecule has 1 fully saturated rings. The Kier molecular flexibility index (Phi) is 4.63. The van der Waals surface area contributed by atoms with E-state index in [4.69, 9.17) is 4.74 Å². The molecule has 136 valence electrons. The number of ether oxygens (including phenoxy) is 1. The van der Waals surface area contributed by atoms with Crippen molar-refractivity contribution >= 4 is 22.9 Å². The Labute approximate surface area is 153 Å². The topological polar surface area (TPSA) is 114 Å². The quantitative estimate of drug-likeness (QED) is 0.577. The maximum absolute atomic E-state index is 10.2. The molecule has 1 aromatic carbocycles. The number of benzene rings is 1. The molecule has 9 heteroatoms. The predicted molar refractivity (Wildman–Crippen MR) is 93.6 cm³/mol. The van der Waals surface area contributed by atoms with Crippen molar-refractivity contribution in [1.29, 1.82) is 0 Å². The zero-order valence-electron chi connectivity index (χ0n) is 13.9. The number of hydrogen-bond donors (Lipinski definition) is 3. The van der Waals surface area contributed by atoms with E-state index in [9.17, 15) is 15.3 Å². The molecule has 2 aromatic heterocycles.